The van der Waals surface area contributed by atoms with Crippen LogP contribution < -0.4 is 5.48 Å². The molecule has 0 unspecified atom stereocenters. The highest BCUT2D eigenvalue weighted by molar-refractivity contribution is 7.91. The molecule has 0 saturated heterocycles. The summed E-state index contributed by atoms with van der Waals surface area (Å²) in [5.41, 5.74) is 3.49. The van der Waals surface area contributed by atoms with Crippen molar-refractivity contribution in [1.29, 1.82) is 0 Å². The summed E-state index contributed by atoms with van der Waals surface area (Å²) in [4.78, 5) is 11.2. The summed E-state index contributed by atoms with van der Waals surface area (Å²) in [6, 6.07) is 14.2. The van der Waals surface area contributed by atoms with E-state index in [1.54, 1.807) is 41.9 Å². The van der Waals surface area contributed by atoms with E-state index in [0.29, 0.717) is 22.8 Å². The van der Waals surface area contributed by atoms with Gasteiger partial charge in [-0.3, -0.25) is 10.0 Å². The van der Waals surface area contributed by atoms with Crippen LogP contribution in [0.25, 0.3) is 11.1 Å². The van der Waals surface area contributed by atoms with E-state index in [4.69, 9.17) is 16.8 Å². The molecule has 1 amide bonds. The fourth-order valence-electron chi connectivity index (χ4n) is 2.60. The van der Waals surface area contributed by atoms with Gasteiger partial charge in [-0.25, -0.2) is 13.9 Å². The molecule has 0 bridgehead atoms. The zero-order valence-corrected chi connectivity index (χ0v) is 15.9. The van der Waals surface area contributed by atoms with Crippen LogP contribution in [0.5, 0.6) is 0 Å². The maximum atomic E-state index is 12.4. The van der Waals surface area contributed by atoms with Gasteiger partial charge in [0.25, 0.3) is 0 Å². The van der Waals surface area contributed by atoms with Gasteiger partial charge in [0.2, 0.25) is 5.91 Å². The lowest BCUT2D eigenvalue weighted by Crippen LogP contribution is -2.17. The Hall–Kier alpha value is -1.89. The molecule has 2 aromatic carbocycles. The van der Waals surface area contributed by atoms with Crippen LogP contribution in [0.15, 0.2) is 53.4 Å². The van der Waals surface area contributed by atoms with Crippen LogP contribution >= 0.6 is 11.6 Å². The van der Waals surface area contributed by atoms with Crippen LogP contribution in [-0.4, -0.2) is 25.3 Å². The molecule has 0 atom stereocenters. The summed E-state index contributed by atoms with van der Waals surface area (Å²) < 4.78 is 24.8. The fourth-order valence-corrected chi connectivity index (χ4v) is 4.10. The van der Waals surface area contributed by atoms with Crippen molar-refractivity contribution in [2.45, 2.75) is 37.0 Å². The molecule has 0 radical (unpaired) electrons. The summed E-state index contributed by atoms with van der Waals surface area (Å²) in [5, 5.41) is 9.05. The monoisotopic (exact) mass is 395 g/mol. The fraction of sp³-hybridized carbons (Fsp3) is 0.316. The van der Waals surface area contributed by atoms with Crippen molar-refractivity contribution in [3.05, 3.63) is 53.6 Å². The van der Waals surface area contributed by atoms with Crippen LogP contribution in [0.3, 0.4) is 0 Å². The number of halogens is 1. The van der Waals surface area contributed by atoms with E-state index < -0.39 is 15.7 Å². The second-order valence-electron chi connectivity index (χ2n) is 6.05. The summed E-state index contributed by atoms with van der Waals surface area (Å²) in [5.74, 6) is -0.335. The molecule has 0 aliphatic carbocycles. The maximum Gasteiger partial charge on any atom is 0.243 e. The SMILES string of the molecule is O=C(CCCCCCS(=O)(=O)c1ccc(-c2ccc(Cl)cc2)cc1)NO. The van der Waals surface area contributed by atoms with Gasteiger partial charge >= 0.3 is 0 Å². The zero-order valence-electron chi connectivity index (χ0n) is 14.3. The first kappa shape index (κ1) is 20.4. The molecule has 2 N–H and O–H groups in total. The van der Waals surface area contributed by atoms with Crippen molar-refractivity contribution in [2.75, 3.05) is 5.75 Å². The Morgan fingerprint density at radius 3 is 2.00 bits per heavy atom. The van der Waals surface area contributed by atoms with E-state index in [2.05, 4.69) is 0 Å². The highest BCUT2D eigenvalue weighted by Crippen LogP contribution is 2.23. The van der Waals surface area contributed by atoms with Crippen LogP contribution in [-0.2, 0) is 14.6 Å². The quantitative estimate of drug-likeness (QED) is 0.378. The number of sulfone groups is 1. The number of benzene rings is 2. The smallest absolute Gasteiger partial charge is 0.243 e. The lowest BCUT2D eigenvalue weighted by atomic mass is 10.1. The normalized spacial score (nSPS) is 11.3. The van der Waals surface area contributed by atoms with Gasteiger partial charge in [0, 0.05) is 11.4 Å². The number of carbonyl (C=O) groups excluding carboxylic acids is 1. The van der Waals surface area contributed by atoms with Crippen LogP contribution in [0, 0.1) is 0 Å². The Bertz CT molecular complexity index is 818. The molecule has 0 saturated carbocycles. The Morgan fingerprint density at radius 2 is 1.42 bits per heavy atom. The molecule has 0 aromatic heterocycles. The van der Waals surface area contributed by atoms with Gasteiger partial charge < -0.3 is 0 Å². The number of nitrogens with one attached hydrogen (secondary N) is 1. The molecule has 2 aromatic rings. The zero-order chi connectivity index (χ0) is 19.0. The number of hydrogen-bond acceptors (Lipinski definition) is 4. The minimum absolute atomic E-state index is 0.0828. The number of carbonyl (C=O) groups is 1. The lowest BCUT2D eigenvalue weighted by molar-refractivity contribution is -0.129. The number of hydroxylamine groups is 1. The second-order valence-corrected chi connectivity index (χ2v) is 8.59. The number of amides is 1. The molecule has 0 fully saturated rings. The Kier molecular flexibility index (Phi) is 7.63. The maximum absolute atomic E-state index is 12.4. The van der Waals surface area contributed by atoms with E-state index in [1.165, 1.54) is 0 Å². The molecule has 5 nitrogen and oxygen atoms in total. The van der Waals surface area contributed by atoms with Crippen molar-refractivity contribution in [1.82, 2.24) is 5.48 Å². The Morgan fingerprint density at radius 1 is 0.885 bits per heavy atom. The topological polar surface area (TPSA) is 83.5 Å². The predicted molar refractivity (Wildman–Crippen MR) is 102 cm³/mol. The van der Waals surface area contributed by atoms with Crippen molar-refractivity contribution in [3.63, 3.8) is 0 Å². The highest BCUT2D eigenvalue weighted by Gasteiger charge is 2.14. The van der Waals surface area contributed by atoms with Gasteiger partial charge in [0.15, 0.2) is 9.84 Å². The molecule has 0 spiro atoms. The van der Waals surface area contributed by atoms with Gasteiger partial charge in [-0.05, 0) is 48.2 Å². The van der Waals surface area contributed by atoms with Crippen molar-refractivity contribution >= 4 is 27.3 Å². The molecular formula is C19H22ClNO4S. The molecular weight excluding hydrogens is 374 g/mol. The Labute approximate surface area is 158 Å². The first-order chi connectivity index (χ1) is 12.4. The van der Waals surface area contributed by atoms with Crippen LogP contribution in [0.2, 0.25) is 5.02 Å². The molecule has 2 rings (SSSR count). The lowest BCUT2D eigenvalue weighted by Gasteiger charge is -2.07. The van der Waals surface area contributed by atoms with E-state index in [0.717, 1.165) is 24.0 Å². The molecule has 0 aliphatic heterocycles. The summed E-state index contributed by atoms with van der Waals surface area (Å²) in [7, 11) is -3.31. The van der Waals surface area contributed by atoms with Gasteiger partial charge in [0.1, 0.15) is 0 Å². The van der Waals surface area contributed by atoms with E-state index in [1.807, 2.05) is 12.1 Å². The molecule has 0 heterocycles. The van der Waals surface area contributed by atoms with Gasteiger partial charge in [0.05, 0.1) is 10.6 Å². The molecule has 7 heteroatoms. The van der Waals surface area contributed by atoms with Gasteiger partial charge in [-0.1, -0.05) is 48.7 Å². The van der Waals surface area contributed by atoms with Gasteiger partial charge in [-0.15, -0.1) is 0 Å². The first-order valence-electron chi connectivity index (χ1n) is 8.44. The molecule has 140 valence electrons. The highest BCUT2D eigenvalue weighted by atomic mass is 35.5. The summed E-state index contributed by atoms with van der Waals surface area (Å²) in [6.45, 7) is 0. The van der Waals surface area contributed by atoms with Crippen molar-refractivity contribution in [2.24, 2.45) is 0 Å². The third-order valence-corrected chi connectivity index (χ3v) is 6.15. The van der Waals surface area contributed by atoms with Crippen molar-refractivity contribution in [3.8, 4) is 11.1 Å². The van der Waals surface area contributed by atoms with Gasteiger partial charge in [-0.2, -0.15) is 0 Å². The second kappa shape index (κ2) is 9.71. The summed E-state index contributed by atoms with van der Waals surface area (Å²) in [6.07, 6.45) is 2.89. The van der Waals surface area contributed by atoms with E-state index >= 15 is 0 Å². The first-order valence-corrected chi connectivity index (χ1v) is 10.5. The average Bonchev–Trinajstić information content (AvgIpc) is 2.65. The summed E-state index contributed by atoms with van der Waals surface area (Å²) >= 11 is 5.88. The van der Waals surface area contributed by atoms with E-state index in [-0.39, 0.29) is 12.2 Å². The number of hydrogen-bond donors (Lipinski definition) is 2. The third-order valence-electron chi connectivity index (χ3n) is 4.08. The minimum atomic E-state index is -3.31. The Balaban J connectivity index is 1.86. The number of unbranched alkanes of at least 4 members (excludes halogenated alkanes) is 3. The average molecular weight is 396 g/mol. The largest absolute Gasteiger partial charge is 0.289 e. The van der Waals surface area contributed by atoms with E-state index in [9.17, 15) is 13.2 Å². The van der Waals surface area contributed by atoms with Crippen molar-refractivity contribution < 1.29 is 18.4 Å². The molecule has 0 aliphatic rings. The predicted octanol–water partition coefficient (Wildman–Crippen LogP) is 4.24. The third kappa shape index (κ3) is 6.12. The van der Waals surface area contributed by atoms with Crippen LogP contribution in [0.4, 0.5) is 0 Å². The standard InChI is InChI=1S/C19H22ClNO4S/c20-17-10-6-15(7-11-17)16-8-12-18(13-9-16)26(24,25)14-4-2-1-3-5-19(22)21-23/h6-13,23H,1-5,14H2,(H,21,22). The van der Waals surface area contributed by atoms with Crippen LogP contribution in [0.1, 0.15) is 32.1 Å². The number of rotatable bonds is 9. The molecule has 26 heavy (non-hydrogen) atoms. The minimum Gasteiger partial charge on any atom is -0.289 e.